The lowest BCUT2D eigenvalue weighted by Gasteiger charge is -2.23. The Morgan fingerprint density at radius 2 is 2.13 bits per heavy atom. The van der Waals surface area contributed by atoms with Gasteiger partial charge in [-0.1, -0.05) is 5.16 Å². The number of nitrogens with two attached hydrogens (primary N) is 1. The van der Waals surface area contributed by atoms with Gasteiger partial charge in [-0.2, -0.15) is 0 Å². The summed E-state index contributed by atoms with van der Waals surface area (Å²) in [6.45, 7) is 7.56. The van der Waals surface area contributed by atoms with Gasteiger partial charge >= 0.3 is 0 Å². The topological polar surface area (TPSA) is 81.2 Å². The number of aromatic nitrogens is 1. The highest BCUT2D eigenvalue weighted by molar-refractivity contribution is 5.96. The van der Waals surface area contributed by atoms with Crippen LogP contribution in [0.25, 0.3) is 0 Å². The van der Waals surface area contributed by atoms with E-state index in [4.69, 9.17) is 10.3 Å². The number of rotatable bonds is 3. The van der Waals surface area contributed by atoms with Gasteiger partial charge < -0.3 is 15.6 Å². The zero-order valence-corrected chi connectivity index (χ0v) is 9.55. The van der Waals surface area contributed by atoms with Crippen molar-refractivity contribution in [3.8, 4) is 0 Å². The molecular weight excluding hydrogens is 194 g/mol. The predicted molar refractivity (Wildman–Crippen MR) is 56.6 cm³/mol. The molecule has 1 rings (SSSR count). The molecule has 84 valence electrons. The average molecular weight is 211 g/mol. The lowest BCUT2D eigenvalue weighted by Crippen LogP contribution is -2.49. The van der Waals surface area contributed by atoms with Crippen LogP contribution in [-0.2, 0) is 0 Å². The molecule has 0 saturated heterocycles. The smallest absolute Gasteiger partial charge is 0.257 e. The van der Waals surface area contributed by atoms with Crippen LogP contribution in [0.3, 0.4) is 0 Å². The summed E-state index contributed by atoms with van der Waals surface area (Å²) in [5, 5.41) is 6.55. The number of carbonyl (C=O) groups is 1. The summed E-state index contributed by atoms with van der Waals surface area (Å²) in [5.41, 5.74) is 6.20. The highest BCUT2D eigenvalue weighted by atomic mass is 16.5. The van der Waals surface area contributed by atoms with Gasteiger partial charge in [0.15, 0.2) is 0 Å². The molecule has 5 nitrogen and oxygen atoms in total. The molecule has 0 fully saturated rings. The first-order valence-electron chi connectivity index (χ1n) is 4.83. The second kappa shape index (κ2) is 4.02. The number of hydrogen-bond donors (Lipinski definition) is 2. The first-order valence-corrected chi connectivity index (χ1v) is 4.83. The van der Waals surface area contributed by atoms with Gasteiger partial charge in [-0.3, -0.25) is 4.79 Å². The molecule has 1 heterocycles. The lowest BCUT2D eigenvalue weighted by atomic mass is 10.0. The third-order valence-corrected chi connectivity index (χ3v) is 2.22. The minimum atomic E-state index is -0.423. The van der Waals surface area contributed by atoms with E-state index in [9.17, 15) is 4.79 Å². The van der Waals surface area contributed by atoms with E-state index < -0.39 is 5.54 Å². The standard InChI is InChI=1S/C10H17N3O2/c1-6-8(7(2)15-13-6)9(14)12-10(3,4)5-11/h5,11H2,1-4H3,(H,12,14). The Bertz CT molecular complexity index is 349. The van der Waals surface area contributed by atoms with Crippen molar-refractivity contribution >= 4 is 5.91 Å². The van der Waals surface area contributed by atoms with Crippen LogP contribution in [-0.4, -0.2) is 23.1 Å². The van der Waals surface area contributed by atoms with E-state index in [1.54, 1.807) is 13.8 Å². The largest absolute Gasteiger partial charge is 0.361 e. The fourth-order valence-corrected chi connectivity index (χ4v) is 1.23. The third-order valence-electron chi connectivity index (χ3n) is 2.22. The molecule has 0 spiro atoms. The van der Waals surface area contributed by atoms with Gasteiger partial charge in [0.2, 0.25) is 0 Å². The second-order valence-electron chi connectivity index (χ2n) is 4.24. The second-order valence-corrected chi connectivity index (χ2v) is 4.24. The van der Waals surface area contributed by atoms with Crippen LogP contribution in [0.1, 0.15) is 35.7 Å². The van der Waals surface area contributed by atoms with Crippen molar-refractivity contribution in [3.05, 3.63) is 17.0 Å². The molecular formula is C10H17N3O2. The number of hydrogen-bond acceptors (Lipinski definition) is 4. The van der Waals surface area contributed by atoms with E-state index in [0.717, 1.165) is 0 Å². The Morgan fingerprint density at radius 1 is 1.53 bits per heavy atom. The molecule has 0 aliphatic heterocycles. The SMILES string of the molecule is Cc1noc(C)c1C(=O)NC(C)(C)CN. The molecule has 0 aliphatic carbocycles. The monoisotopic (exact) mass is 211 g/mol. The molecule has 5 heteroatoms. The van der Waals surface area contributed by atoms with E-state index >= 15 is 0 Å². The van der Waals surface area contributed by atoms with Crippen LogP contribution in [0, 0.1) is 13.8 Å². The molecule has 3 N–H and O–H groups in total. The fraction of sp³-hybridized carbons (Fsp3) is 0.600. The number of amides is 1. The zero-order valence-electron chi connectivity index (χ0n) is 9.55. The van der Waals surface area contributed by atoms with Gasteiger partial charge in [0, 0.05) is 12.1 Å². The maximum atomic E-state index is 11.9. The molecule has 15 heavy (non-hydrogen) atoms. The van der Waals surface area contributed by atoms with Crippen molar-refractivity contribution in [2.24, 2.45) is 5.73 Å². The minimum Gasteiger partial charge on any atom is -0.361 e. The molecule has 1 aromatic rings. The van der Waals surface area contributed by atoms with Crippen LogP contribution < -0.4 is 11.1 Å². The molecule has 0 radical (unpaired) electrons. The number of nitrogens with one attached hydrogen (secondary N) is 1. The summed E-state index contributed by atoms with van der Waals surface area (Å²) in [4.78, 5) is 11.9. The number of nitrogens with zero attached hydrogens (tertiary/aromatic N) is 1. The van der Waals surface area contributed by atoms with Crippen molar-refractivity contribution < 1.29 is 9.32 Å². The van der Waals surface area contributed by atoms with Crippen LogP contribution in [0.15, 0.2) is 4.52 Å². The Hall–Kier alpha value is -1.36. The molecule has 0 saturated carbocycles. The molecule has 0 unspecified atom stereocenters. The Kier molecular flexibility index (Phi) is 3.14. The van der Waals surface area contributed by atoms with Crippen LogP contribution in [0.2, 0.25) is 0 Å². The zero-order chi connectivity index (χ0) is 11.6. The van der Waals surface area contributed by atoms with Crippen molar-refractivity contribution in [2.75, 3.05) is 6.54 Å². The van der Waals surface area contributed by atoms with Crippen molar-refractivity contribution in [1.82, 2.24) is 10.5 Å². The Morgan fingerprint density at radius 3 is 2.53 bits per heavy atom. The Balaban J connectivity index is 2.87. The molecule has 1 aromatic heterocycles. The predicted octanol–water partition coefficient (Wildman–Crippen LogP) is 0.759. The normalized spacial score (nSPS) is 11.5. The van der Waals surface area contributed by atoms with Gasteiger partial charge in [-0.15, -0.1) is 0 Å². The summed E-state index contributed by atoms with van der Waals surface area (Å²) in [7, 11) is 0. The van der Waals surface area contributed by atoms with Crippen molar-refractivity contribution in [2.45, 2.75) is 33.2 Å². The van der Waals surface area contributed by atoms with Gasteiger partial charge in [-0.25, -0.2) is 0 Å². The van der Waals surface area contributed by atoms with Gasteiger partial charge in [0.25, 0.3) is 5.91 Å². The summed E-state index contributed by atoms with van der Waals surface area (Å²) in [6.07, 6.45) is 0. The van der Waals surface area contributed by atoms with E-state index in [1.165, 1.54) is 0 Å². The van der Waals surface area contributed by atoms with Crippen LogP contribution >= 0.6 is 0 Å². The van der Waals surface area contributed by atoms with E-state index in [0.29, 0.717) is 23.6 Å². The van der Waals surface area contributed by atoms with Crippen LogP contribution in [0.5, 0.6) is 0 Å². The van der Waals surface area contributed by atoms with E-state index in [-0.39, 0.29) is 5.91 Å². The molecule has 0 aromatic carbocycles. The van der Waals surface area contributed by atoms with Gasteiger partial charge in [0.1, 0.15) is 11.3 Å². The molecule has 0 atom stereocenters. The molecule has 0 bridgehead atoms. The van der Waals surface area contributed by atoms with Gasteiger partial charge in [-0.05, 0) is 27.7 Å². The van der Waals surface area contributed by atoms with E-state index in [2.05, 4.69) is 10.5 Å². The number of carbonyl (C=O) groups excluding carboxylic acids is 1. The fourth-order valence-electron chi connectivity index (χ4n) is 1.23. The summed E-state index contributed by atoms with van der Waals surface area (Å²) in [5.74, 6) is 0.333. The lowest BCUT2D eigenvalue weighted by molar-refractivity contribution is 0.0913. The minimum absolute atomic E-state index is 0.193. The Labute approximate surface area is 89.0 Å². The number of aryl methyl sites for hydroxylation is 2. The first kappa shape index (κ1) is 11.7. The molecule has 0 aliphatic rings. The first-order chi connectivity index (χ1) is 6.87. The molecule has 1 amide bonds. The quantitative estimate of drug-likeness (QED) is 0.773. The highest BCUT2D eigenvalue weighted by Gasteiger charge is 2.23. The average Bonchev–Trinajstić information content (AvgIpc) is 2.45. The maximum Gasteiger partial charge on any atom is 0.257 e. The summed E-state index contributed by atoms with van der Waals surface area (Å²) in [6, 6.07) is 0. The third kappa shape index (κ3) is 2.56. The van der Waals surface area contributed by atoms with Gasteiger partial charge in [0.05, 0.1) is 5.69 Å². The van der Waals surface area contributed by atoms with Crippen LogP contribution in [0.4, 0.5) is 0 Å². The van der Waals surface area contributed by atoms with Crippen molar-refractivity contribution in [1.29, 1.82) is 0 Å². The maximum absolute atomic E-state index is 11.9. The summed E-state index contributed by atoms with van der Waals surface area (Å²) < 4.78 is 4.92. The van der Waals surface area contributed by atoms with E-state index in [1.807, 2.05) is 13.8 Å². The summed E-state index contributed by atoms with van der Waals surface area (Å²) >= 11 is 0. The highest BCUT2D eigenvalue weighted by Crippen LogP contribution is 2.13. The van der Waals surface area contributed by atoms with Crippen molar-refractivity contribution in [3.63, 3.8) is 0 Å².